The number of anilines is 1. The molecule has 1 fully saturated rings. The minimum Gasteiger partial charge on any atom is -0.487 e. The molecule has 4 rings (SSSR count). The highest BCUT2D eigenvalue weighted by Crippen LogP contribution is 2.34. The summed E-state index contributed by atoms with van der Waals surface area (Å²) < 4.78 is 7.14. The summed E-state index contributed by atoms with van der Waals surface area (Å²) in [5, 5.41) is 8.23. The van der Waals surface area contributed by atoms with Gasteiger partial charge in [0.25, 0.3) is 5.56 Å². The van der Waals surface area contributed by atoms with Gasteiger partial charge in [0.1, 0.15) is 17.4 Å². The maximum atomic E-state index is 12.4. The Morgan fingerprint density at radius 1 is 1.25 bits per heavy atom. The van der Waals surface area contributed by atoms with Crippen LogP contribution in [0.25, 0.3) is 4.96 Å². The van der Waals surface area contributed by atoms with Gasteiger partial charge in [0.2, 0.25) is 10.9 Å². The summed E-state index contributed by atoms with van der Waals surface area (Å²) in [4.78, 5) is 28.7. The van der Waals surface area contributed by atoms with Crippen LogP contribution < -0.4 is 15.6 Å². The molecular formula is C20H22N4O3S. The van der Waals surface area contributed by atoms with Crippen LogP contribution in [0, 0.1) is 0 Å². The number of aromatic nitrogens is 3. The maximum absolute atomic E-state index is 12.4. The van der Waals surface area contributed by atoms with Gasteiger partial charge in [-0.3, -0.25) is 9.59 Å². The van der Waals surface area contributed by atoms with E-state index in [0.29, 0.717) is 28.0 Å². The van der Waals surface area contributed by atoms with Gasteiger partial charge in [0, 0.05) is 24.6 Å². The summed E-state index contributed by atoms with van der Waals surface area (Å²) in [6, 6.07) is 8.54. The van der Waals surface area contributed by atoms with E-state index >= 15 is 0 Å². The highest BCUT2D eigenvalue weighted by atomic mass is 32.1. The molecule has 0 unspecified atom stereocenters. The Balaban J connectivity index is 1.48. The lowest BCUT2D eigenvalue weighted by molar-refractivity contribution is -0.114. The molecule has 1 amide bonds. The van der Waals surface area contributed by atoms with Crippen molar-refractivity contribution in [1.82, 2.24) is 14.6 Å². The number of fused-ring (bicyclic) bond motifs is 1. The molecule has 1 aliphatic rings. The van der Waals surface area contributed by atoms with Crippen molar-refractivity contribution in [3.8, 4) is 5.75 Å². The smallest absolute Gasteiger partial charge is 0.275 e. The molecule has 1 N–H and O–H groups in total. The SMILES string of the molecule is CC(=O)Nc1ccc(OCc2cc(=O)n3nc(C4CCCCC4)sc3n2)cc1. The van der Waals surface area contributed by atoms with Crippen molar-refractivity contribution >= 4 is 27.9 Å². The molecule has 146 valence electrons. The molecule has 3 aromatic rings. The zero-order valence-electron chi connectivity index (χ0n) is 15.7. The van der Waals surface area contributed by atoms with Gasteiger partial charge in [-0.05, 0) is 37.1 Å². The molecule has 0 atom stereocenters. The third-order valence-electron chi connectivity index (χ3n) is 4.83. The first-order valence-corrected chi connectivity index (χ1v) is 10.3. The number of ether oxygens (including phenoxy) is 1. The standard InChI is InChI=1S/C20H22N4O3S/c1-13(25)21-15-7-9-17(10-8-15)27-12-16-11-18(26)24-20(22-16)28-19(23-24)14-5-3-2-4-6-14/h7-11,14H,2-6,12H2,1H3,(H,21,25). The van der Waals surface area contributed by atoms with Crippen LogP contribution in [0.3, 0.4) is 0 Å². The number of nitrogens with zero attached hydrogens (tertiary/aromatic N) is 3. The van der Waals surface area contributed by atoms with Gasteiger partial charge < -0.3 is 10.1 Å². The van der Waals surface area contributed by atoms with Crippen LogP contribution in [0.1, 0.15) is 55.6 Å². The van der Waals surface area contributed by atoms with Crippen LogP contribution in [0.2, 0.25) is 0 Å². The van der Waals surface area contributed by atoms with Crippen molar-refractivity contribution in [3.05, 3.63) is 51.4 Å². The molecular weight excluding hydrogens is 376 g/mol. The Morgan fingerprint density at radius 3 is 2.71 bits per heavy atom. The normalized spacial score (nSPS) is 14.9. The van der Waals surface area contributed by atoms with Crippen molar-refractivity contribution < 1.29 is 9.53 Å². The van der Waals surface area contributed by atoms with Gasteiger partial charge >= 0.3 is 0 Å². The van der Waals surface area contributed by atoms with Gasteiger partial charge in [0.05, 0.1) is 5.69 Å². The first kappa shape index (κ1) is 18.6. The lowest BCUT2D eigenvalue weighted by Gasteiger charge is -2.18. The Hall–Kier alpha value is -2.74. The number of hydrogen-bond acceptors (Lipinski definition) is 6. The fourth-order valence-electron chi connectivity index (χ4n) is 3.45. The number of rotatable bonds is 5. The molecule has 0 radical (unpaired) electrons. The minimum absolute atomic E-state index is 0.121. The molecule has 7 nitrogen and oxygen atoms in total. The molecule has 1 aromatic carbocycles. The maximum Gasteiger partial charge on any atom is 0.275 e. The van der Waals surface area contributed by atoms with Gasteiger partial charge in [0.15, 0.2) is 0 Å². The van der Waals surface area contributed by atoms with E-state index in [9.17, 15) is 9.59 Å². The molecule has 8 heteroatoms. The fourth-order valence-corrected chi connectivity index (χ4v) is 4.55. The quantitative estimate of drug-likeness (QED) is 0.708. The van der Waals surface area contributed by atoms with Crippen molar-refractivity contribution in [1.29, 1.82) is 0 Å². The van der Waals surface area contributed by atoms with E-state index in [1.807, 2.05) is 0 Å². The van der Waals surface area contributed by atoms with Crippen molar-refractivity contribution in [2.75, 3.05) is 5.32 Å². The summed E-state index contributed by atoms with van der Waals surface area (Å²) in [7, 11) is 0. The third-order valence-corrected chi connectivity index (χ3v) is 5.90. The van der Waals surface area contributed by atoms with Crippen molar-refractivity contribution in [2.24, 2.45) is 0 Å². The van der Waals surface area contributed by atoms with Gasteiger partial charge in [-0.15, -0.1) is 0 Å². The summed E-state index contributed by atoms with van der Waals surface area (Å²) >= 11 is 1.51. The van der Waals surface area contributed by atoms with Crippen LogP contribution in [0.15, 0.2) is 35.1 Å². The highest BCUT2D eigenvalue weighted by molar-refractivity contribution is 7.16. The van der Waals surface area contributed by atoms with Crippen molar-refractivity contribution in [2.45, 2.75) is 51.6 Å². The number of hydrogen-bond donors (Lipinski definition) is 1. The van der Waals surface area contributed by atoms with Crippen LogP contribution in [-0.2, 0) is 11.4 Å². The number of benzene rings is 1. The van der Waals surface area contributed by atoms with Gasteiger partial charge in [-0.25, -0.2) is 4.98 Å². The van der Waals surface area contributed by atoms with Crippen LogP contribution in [-0.4, -0.2) is 20.5 Å². The lowest BCUT2D eigenvalue weighted by Crippen LogP contribution is -2.16. The van der Waals surface area contributed by atoms with E-state index in [1.165, 1.54) is 48.1 Å². The molecule has 2 aromatic heterocycles. The van der Waals surface area contributed by atoms with Crippen LogP contribution in [0.4, 0.5) is 5.69 Å². The Labute approximate surface area is 166 Å². The second kappa shape index (κ2) is 8.10. The average molecular weight is 398 g/mol. The third kappa shape index (κ3) is 4.22. The molecule has 0 saturated heterocycles. The Kier molecular flexibility index (Phi) is 5.38. The molecule has 1 saturated carbocycles. The summed E-state index contributed by atoms with van der Waals surface area (Å²) in [6.07, 6.45) is 6.01. The molecule has 1 aliphatic carbocycles. The predicted molar refractivity (Wildman–Crippen MR) is 108 cm³/mol. The van der Waals surface area contributed by atoms with Gasteiger partial charge in [-0.2, -0.15) is 9.61 Å². The number of carbonyl (C=O) groups excluding carboxylic acids is 1. The minimum atomic E-state index is -0.178. The second-order valence-corrected chi connectivity index (χ2v) is 8.04. The largest absolute Gasteiger partial charge is 0.487 e. The van der Waals surface area contributed by atoms with Crippen molar-refractivity contribution in [3.63, 3.8) is 0 Å². The topological polar surface area (TPSA) is 85.6 Å². The number of carbonyl (C=O) groups is 1. The lowest BCUT2D eigenvalue weighted by atomic mass is 9.90. The molecule has 0 spiro atoms. The van der Waals surface area contributed by atoms with E-state index in [-0.39, 0.29) is 18.1 Å². The average Bonchev–Trinajstić information content (AvgIpc) is 3.13. The summed E-state index contributed by atoms with van der Waals surface area (Å²) in [5.41, 5.74) is 1.11. The van der Waals surface area contributed by atoms with Gasteiger partial charge in [-0.1, -0.05) is 30.6 Å². The molecule has 0 aliphatic heterocycles. The molecule has 0 bridgehead atoms. The van der Waals surface area contributed by atoms with E-state index in [2.05, 4.69) is 15.4 Å². The van der Waals surface area contributed by atoms with E-state index in [4.69, 9.17) is 4.74 Å². The predicted octanol–water partition coefficient (Wildman–Crippen LogP) is 3.74. The summed E-state index contributed by atoms with van der Waals surface area (Å²) in [6.45, 7) is 1.66. The first-order chi connectivity index (χ1) is 13.6. The molecule has 28 heavy (non-hydrogen) atoms. The number of amides is 1. The van der Waals surface area contributed by atoms with Crippen LogP contribution >= 0.6 is 11.3 Å². The second-order valence-electron chi connectivity index (χ2n) is 7.05. The summed E-state index contributed by atoms with van der Waals surface area (Å²) in [5.74, 6) is 0.966. The Bertz CT molecular complexity index is 1040. The highest BCUT2D eigenvalue weighted by Gasteiger charge is 2.20. The zero-order valence-corrected chi connectivity index (χ0v) is 16.5. The zero-order chi connectivity index (χ0) is 19.5. The van der Waals surface area contributed by atoms with E-state index in [1.54, 1.807) is 24.3 Å². The van der Waals surface area contributed by atoms with E-state index in [0.717, 1.165) is 17.8 Å². The molecule has 2 heterocycles. The first-order valence-electron chi connectivity index (χ1n) is 9.48. The number of nitrogens with one attached hydrogen (secondary N) is 1. The van der Waals surface area contributed by atoms with E-state index < -0.39 is 0 Å². The monoisotopic (exact) mass is 398 g/mol. The fraction of sp³-hybridized carbons (Fsp3) is 0.400. The van der Waals surface area contributed by atoms with Crippen LogP contribution in [0.5, 0.6) is 5.75 Å². The Morgan fingerprint density at radius 2 is 2.00 bits per heavy atom.